The lowest BCUT2D eigenvalue weighted by Gasteiger charge is -2.10. The lowest BCUT2D eigenvalue weighted by Crippen LogP contribution is -2.17. The summed E-state index contributed by atoms with van der Waals surface area (Å²) in [6.45, 7) is 5.12. The van der Waals surface area contributed by atoms with Gasteiger partial charge in [0.1, 0.15) is 5.82 Å². The van der Waals surface area contributed by atoms with Crippen LogP contribution < -0.4 is 10.6 Å². The molecule has 0 aromatic carbocycles. The van der Waals surface area contributed by atoms with Crippen molar-refractivity contribution < 1.29 is 0 Å². The first kappa shape index (κ1) is 14.7. The topological polar surface area (TPSA) is 53.1 Å². The average Bonchev–Trinajstić information content (AvgIpc) is 2.35. The van der Waals surface area contributed by atoms with Gasteiger partial charge >= 0.3 is 0 Å². The first-order chi connectivity index (χ1) is 8.72. The molecule has 18 heavy (non-hydrogen) atoms. The second-order valence-corrected chi connectivity index (χ2v) is 4.63. The Kier molecular flexibility index (Phi) is 7.10. The van der Waals surface area contributed by atoms with E-state index in [1.54, 1.807) is 6.20 Å². The van der Waals surface area contributed by atoms with Gasteiger partial charge < -0.3 is 15.5 Å². The zero-order valence-electron chi connectivity index (χ0n) is 11.7. The molecule has 1 aromatic heterocycles. The average molecular weight is 251 g/mol. The molecule has 1 heterocycles. The third kappa shape index (κ3) is 6.39. The van der Waals surface area contributed by atoms with Crippen LogP contribution in [0.3, 0.4) is 0 Å². The fourth-order valence-corrected chi connectivity index (χ4v) is 1.53. The van der Waals surface area contributed by atoms with E-state index in [2.05, 4.69) is 46.5 Å². The second kappa shape index (κ2) is 8.69. The zero-order valence-corrected chi connectivity index (χ0v) is 11.7. The van der Waals surface area contributed by atoms with Crippen LogP contribution in [0.4, 0.5) is 11.8 Å². The molecule has 0 spiro atoms. The Labute approximate surface area is 110 Å². The fraction of sp³-hybridized carbons (Fsp3) is 0.692. The summed E-state index contributed by atoms with van der Waals surface area (Å²) in [5.41, 5.74) is 0. The second-order valence-electron chi connectivity index (χ2n) is 4.63. The molecule has 0 unspecified atom stereocenters. The Hall–Kier alpha value is -1.36. The first-order valence-corrected chi connectivity index (χ1v) is 6.68. The van der Waals surface area contributed by atoms with Crippen molar-refractivity contribution in [3.63, 3.8) is 0 Å². The van der Waals surface area contributed by atoms with Crippen molar-refractivity contribution in [1.29, 1.82) is 0 Å². The van der Waals surface area contributed by atoms with Gasteiger partial charge in [0.2, 0.25) is 5.95 Å². The maximum absolute atomic E-state index is 4.41. The minimum Gasteiger partial charge on any atom is -0.370 e. The maximum atomic E-state index is 4.41. The molecule has 0 amide bonds. The highest BCUT2D eigenvalue weighted by atomic mass is 15.1. The van der Waals surface area contributed by atoms with Crippen molar-refractivity contribution in [2.75, 3.05) is 44.4 Å². The van der Waals surface area contributed by atoms with Gasteiger partial charge in [0, 0.05) is 19.3 Å². The van der Waals surface area contributed by atoms with E-state index in [1.807, 2.05) is 6.07 Å². The molecule has 0 saturated heterocycles. The van der Waals surface area contributed by atoms with Crippen LogP contribution in [0.25, 0.3) is 0 Å². The summed E-state index contributed by atoms with van der Waals surface area (Å²) in [6, 6.07) is 1.90. The number of hydrogen-bond acceptors (Lipinski definition) is 5. The number of nitrogens with one attached hydrogen (secondary N) is 2. The van der Waals surface area contributed by atoms with E-state index < -0.39 is 0 Å². The summed E-state index contributed by atoms with van der Waals surface area (Å²) in [5, 5.41) is 6.54. The van der Waals surface area contributed by atoms with Gasteiger partial charge in [0.05, 0.1) is 0 Å². The number of rotatable bonds is 9. The Balaban J connectivity index is 2.30. The molecule has 2 N–H and O–H groups in total. The van der Waals surface area contributed by atoms with Gasteiger partial charge in [-0.25, -0.2) is 4.98 Å². The van der Waals surface area contributed by atoms with Crippen molar-refractivity contribution in [2.45, 2.75) is 26.2 Å². The van der Waals surface area contributed by atoms with E-state index in [0.717, 1.165) is 38.3 Å². The number of unbranched alkanes of at least 4 members (excludes halogenated alkanes) is 1. The van der Waals surface area contributed by atoms with E-state index >= 15 is 0 Å². The van der Waals surface area contributed by atoms with Crippen LogP contribution in [0.1, 0.15) is 26.2 Å². The van der Waals surface area contributed by atoms with Crippen LogP contribution in [-0.4, -0.2) is 48.6 Å². The summed E-state index contributed by atoms with van der Waals surface area (Å²) in [6.07, 6.45) is 5.22. The normalized spacial score (nSPS) is 10.7. The number of nitrogens with zero attached hydrogens (tertiary/aromatic N) is 3. The van der Waals surface area contributed by atoms with Gasteiger partial charge in [-0.3, -0.25) is 0 Å². The van der Waals surface area contributed by atoms with Crippen LogP contribution >= 0.6 is 0 Å². The third-order valence-corrected chi connectivity index (χ3v) is 2.56. The molecule has 1 aromatic rings. The predicted molar refractivity (Wildman–Crippen MR) is 77.1 cm³/mol. The molecular weight excluding hydrogens is 226 g/mol. The Morgan fingerprint density at radius 3 is 2.67 bits per heavy atom. The first-order valence-electron chi connectivity index (χ1n) is 6.68. The molecule has 0 atom stereocenters. The summed E-state index contributed by atoms with van der Waals surface area (Å²) in [4.78, 5) is 10.8. The maximum Gasteiger partial charge on any atom is 0.224 e. The van der Waals surface area contributed by atoms with Gasteiger partial charge in [0.25, 0.3) is 0 Å². The van der Waals surface area contributed by atoms with Crippen LogP contribution in [0, 0.1) is 0 Å². The van der Waals surface area contributed by atoms with E-state index in [1.165, 1.54) is 6.42 Å². The summed E-state index contributed by atoms with van der Waals surface area (Å²) in [5.74, 6) is 1.60. The van der Waals surface area contributed by atoms with Crippen LogP contribution in [0.15, 0.2) is 12.3 Å². The van der Waals surface area contributed by atoms with Crippen LogP contribution in [0.2, 0.25) is 0 Å². The molecular formula is C13H25N5. The molecule has 0 fully saturated rings. The number of aromatic nitrogens is 2. The van der Waals surface area contributed by atoms with Crippen molar-refractivity contribution >= 4 is 11.8 Å². The molecule has 0 aliphatic carbocycles. The van der Waals surface area contributed by atoms with Gasteiger partial charge in [-0.2, -0.15) is 4.98 Å². The fourth-order valence-electron chi connectivity index (χ4n) is 1.53. The lowest BCUT2D eigenvalue weighted by molar-refractivity contribution is 0.405. The standard InChI is InChI=1S/C13H25N5/c1-4-5-8-14-12-7-10-16-13(17-12)15-9-6-11-18(2)3/h7,10H,4-6,8-9,11H2,1-3H3,(H2,14,15,16,17). The molecule has 5 nitrogen and oxygen atoms in total. The molecule has 0 radical (unpaired) electrons. The quantitative estimate of drug-likeness (QED) is 0.658. The highest BCUT2D eigenvalue weighted by Crippen LogP contribution is 2.05. The molecule has 0 bridgehead atoms. The molecule has 0 saturated carbocycles. The highest BCUT2D eigenvalue weighted by Gasteiger charge is 1.98. The lowest BCUT2D eigenvalue weighted by atomic mass is 10.3. The monoisotopic (exact) mass is 251 g/mol. The molecule has 1 rings (SSSR count). The Morgan fingerprint density at radius 1 is 1.17 bits per heavy atom. The van der Waals surface area contributed by atoms with E-state index in [-0.39, 0.29) is 0 Å². The van der Waals surface area contributed by atoms with E-state index in [0.29, 0.717) is 5.95 Å². The smallest absolute Gasteiger partial charge is 0.224 e. The van der Waals surface area contributed by atoms with Gasteiger partial charge in [0.15, 0.2) is 0 Å². The SMILES string of the molecule is CCCCNc1ccnc(NCCCN(C)C)n1. The summed E-state index contributed by atoms with van der Waals surface area (Å²) in [7, 11) is 4.16. The minimum atomic E-state index is 0.704. The van der Waals surface area contributed by atoms with Gasteiger partial charge in [-0.05, 0) is 39.5 Å². The molecule has 5 heteroatoms. The van der Waals surface area contributed by atoms with E-state index in [9.17, 15) is 0 Å². The van der Waals surface area contributed by atoms with Crippen molar-refractivity contribution in [1.82, 2.24) is 14.9 Å². The third-order valence-electron chi connectivity index (χ3n) is 2.56. The molecule has 0 aliphatic heterocycles. The molecule has 0 aliphatic rings. The molecule has 102 valence electrons. The largest absolute Gasteiger partial charge is 0.370 e. The zero-order chi connectivity index (χ0) is 13.2. The van der Waals surface area contributed by atoms with E-state index in [4.69, 9.17) is 0 Å². The van der Waals surface area contributed by atoms with Gasteiger partial charge in [-0.1, -0.05) is 13.3 Å². The van der Waals surface area contributed by atoms with Crippen molar-refractivity contribution in [3.8, 4) is 0 Å². The van der Waals surface area contributed by atoms with Crippen molar-refractivity contribution in [2.24, 2.45) is 0 Å². The number of hydrogen-bond donors (Lipinski definition) is 2. The Bertz CT molecular complexity index is 327. The summed E-state index contributed by atoms with van der Waals surface area (Å²) < 4.78 is 0. The number of anilines is 2. The highest BCUT2D eigenvalue weighted by molar-refractivity contribution is 5.39. The Morgan fingerprint density at radius 2 is 1.94 bits per heavy atom. The van der Waals surface area contributed by atoms with Gasteiger partial charge in [-0.15, -0.1) is 0 Å². The van der Waals surface area contributed by atoms with Crippen LogP contribution in [0.5, 0.6) is 0 Å². The predicted octanol–water partition coefficient (Wildman–Crippen LogP) is 2.05. The minimum absolute atomic E-state index is 0.704. The van der Waals surface area contributed by atoms with Crippen LogP contribution in [-0.2, 0) is 0 Å². The summed E-state index contributed by atoms with van der Waals surface area (Å²) >= 11 is 0. The van der Waals surface area contributed by atoms with Crippen molar-refractivity contribution in [3.05, 3.63) is 12.3 Å².